The summed E-state index contributed by atoms with van der Waals surface area (Å²) in [6.07, 6.45) is 3.70. The Labute approximate surface area is 155 Å². The molecule has 1 aliphatic rings. The lowest BCUT2D eigenvalue weighted by Gasteiger charge is -2.30. The van der Waals surface area contributed by atoms with E-state index < -0.39 is 0 Å². The second-order valence-electron chi connectivity index (χ2n) is 6.48. The molecule has 0 aliphatic heterocycles. The third-order valence-electron chi connectivity index (χ3n) is 4.50. The molecule has 6 nitrogen and oxygen atoms in total. The highest BCUT2D eigenvalue weighted by atomic mass is 16.7. The molecule has 0 fully saturated rings. The highest BCUT2D eigenvalue weighted by Gasteiger charge is 2.35. The maximum Gasteiger partial charge on any atom is 0.309 e. The number of benzene rings is 1. The monoisotopic (exact) mass is 364 g/mol. The van der Waals surface area contributed by atoms with Crippen LogP contribution in [-0.4, -0.2) is 40.9 Å². The first kappa shape index (κ1) is 20.3. The van der Waals surface area contributed by atoms with Crippen LogP contribution in [-0.2, 0) is 19.0 Å². The van der Waals surface area contributed by atoms with E-state index in [-0.39, 0.29) is 31.4 Å². The molecular formula is C20H28O6. The first-order chi connectivity index (χ1) is 12.5. The van der Waals surface area contributed by atoms with Crippen molar-refractivity contribution < 1.29 is 28.5 Å². The summed E-state index contributed by atoms with van der Waals surface area (Å²) in [5.41, 5.74) is 3.03. The van der Waals surface area contributed by atoms with Crippen LogP contribution in [0.2, 0.25) is 0 Å². The Morgan fingerprint density at radius 3 is 2.12 bits per heavy atom. The predicted octanol–water partition coefficient (Wildman–Crippen LogP) is 3.57. The molecule has 26 heavy (non-hydrogen) atoms. The van der Waals surface area contributed by atoms with Crippen LogP contribution in [0.1, 0.15) is 36.8 Å². The number of esters is 1. The molecule has 2 atom stereocenters. The van der Waals surface area contributed by atoms with Crippen molar-refractivity contribution in [3.8, 4) is 11.5 Å². The molecule has 6 heteroatoms. The van der Waals surface area contributed by atoms with Crippen LogP contribution in [0.3, 0.4) is 0 Å². The van der Waals surface area contributed by atoms with Crippen molar-refractivity contribution in [2.24, 2.45) is 5.92 Å². The topological polar surface area (TPSA) is 63.2 Å². The molecule has 2 rings (SSSR count). The number of carbonyl (C=O) groups excluding carboxylic acids is 1. The Morgan fingerprint density at radius 2 is 1.62 bits per heavy atom. The van der Waals surface area contributed by atoms with Crippen LogP contribution in [0.25, 0.3) is 0 Å². The molecule has 0 saturated heterocycles. The van der Waals surface area contributed by atoms with E-state index in [0.29, 0.717) is 11.5 Å². The Kier molecular flexibility index (Phi) is 7.48. The zero-order valence-electron chi connectivity index (χ0n) is 16.2. The number of allylic oxidation sites excluding steroid dienone is 2. The van der Waals surface area contributed by atoms with Gasteiger partial charge in [-0.3, -0.25) is 4.79 Å². The van der Waals surface area contributed by atoms with Gasteiger partial charge in [0.1, 0.15) is 11.5 Å². The number of hydrogen-bond acceptors (Lipinski definition) is 6. The first-order valence-electron chi connectivity index (χ1n) is 8.65. The van der Waals surface area contributed by atoms with E-state index in [1.165, 1.54) is 12.7 Å². The molecule has 1 aromatic rings. The first-order valence-corrected chi connectivity index (χ1v) is 8.65. The van der Waals surface area contributed by atoms with Gasteiger partial charge in [-0.25, -0.2) is 0 Å². The summed E-state index contributed by atoms with van der Waals surface area (Å²) in [4.78, 5) is 12.4. The van der Waals surface area contributed by atoms with Crippen molar-refractivity contribution in [3.05, 3.63) is 34.9 Å². The van der Waals surface area contributed by atoms with Crippen LogP contribution >= 0.6 is 0 Å². The predicted molar refractivity (Wildman–Crippen MR) is 97.4 cm³/mol. The SMILES string of the molecule is COCOc1cc(C)cc(OCOC)c1[C@@H]1C=C(C)CC[C@H]1C(=O)OC. The van der Waals surface area contributed by atoms with Crippen molar-refractivity contribution >= 4 is 5.97 Å². The van der Waals surface area contributed by atoms with Crippen LogP contribution in [0, 0.1) is 12.8 Å². The molecular weight excluding hydrogens is 336 g/mol. The standard InChI is InChI=1S/C20H28O6/c1-13-6-7-15(20(21)24-5)16(8-13)19-17(25-11-22-3)9-14(2)10-18(19)26-12-23-4/h8-10,15-16H,6-7,11-12H2,1-5H3/t15-,16-/m1/s1. The van der Waals surface area contributed by atoms with Crippen molar-refractivity contribution in [2.45, 2.75) is 32.6 Å². The van der Waals surface area contributed by atoms with E-state index in [1.54, 1.807) is 14.2 Å². The molecule has 0 bridgehead atoms. The summed E-state index contributed by atoms with van der Waals surface area (Å²) in [5, 5.41) is 0. The third-order valence-corrected chi connectivity index (χ3v) is 4.50. The molecule has 1 aromatic carbocycles. The average Bonchev–Trinajstić information content (AvgIpc) is 2.63. The number of methoxy groups -OCH3 is 3. The van der Waals surface area contributed by atoms with Gasteiger partial charge in [-0.2, -0.15) is 0 Å². The van der Waals surface area contributed by atoms with Gasteiger partial charge in [0, 0.05) is 25.7 Å². The Bertz CT molecular complexity index is 623. The zero-order chi connectivity index (χ0) is 19.1. The van der Waals surface area contributed by atoms with Crippen LogP contribution in [0.5, 0.6) is 11.5 Å². The summed E-state index contributed by atoms with van der Waals surface area (Å²) in [5.74, 6) is 0.567. The van der Waals surface area contributed by atoms with Crippen molar-refractivity contribution in [1.82, 2.24) is 0 Å². The minimum absolute atomic E-state index is 0.110. The van der Waals surface area contributed by atoms with Crippen LogP contribution in [0.15, 0.2) is 23.8 Å². The fourth-order valence-corrected chi connectivity index (χ4v) is 3.31. The summed E-state index contributed by atoms with van der Waals surface area (Å²) in [6, 6.07) is 3.86. The average molecular weight is 364 g/mol. The fraction of sp³-hybridized carbons (Fsp3) is 0.550. The van der Waals surface area contributed by atoms with Crippen LogP contribution < -0.4 is 9.47 Å². The molecule has 0 aromatic heterocycles. The molecule has 0 amide bonds. The molecule has 0 radical (unpaired) electrons. The van der Waals surface area contributed by atoms with Gasteiger partial charge < -0.3 is 23.7 Å². The number of aryl methyl sites for hydroxylation is 1. The van der Waals surface area contributed by atoms with Gasteiger partial charge in [0.25, 0.3) is 0 Å². The van der Waals surface area contributed by atoms with Gasteiger partial charge >= 0.3 is 5.97 Å². The summed E-state index contributed by atoms with van der Waals surface area (Å²) in [6.45, 7) is 4.25. The van der Waals surface area contributed by atoms with E-state index in [0.717, 1.165) is 24.0 Å². The number of carbonyl (C=O) groups is 1. The smallest absolute Gasteiger partial charge is 0.309 e. The van der Waals surface area contributed by atoms with E-state index in [9.17, 15) is 4.79 Å². The van der Waals surface area contributed by atoms with Crippen molar-refractivity contribution in [2.75, 3.05) is 34.9 Å². The molecule has 1 aliphatic carbocycles. The summed E-state index contributed by atoms with van der Waals surface area (Å²) < 4.78 is 26.8. The van der Waals surface area contributed by atoms with Gasteiger partial charge in [-0.05, 0) is 44.4 Å². The minimum Gasteiger partial charge on any atom is -0.469 e. The van der Waals surface area contributed by atoms with Gasteiger partial charge in [0.15, 0.2) is 13.6 Å². The summed E-state index contributed by atoms with van der Waals surface area (Å²) in [7, 11) is 4.56. The van der Waals surface area contributed by atoms with Crippen molar-refractivity contribution in [1.29, 1.82) is 0 Å². The largest absolute Gasteiger partial charge is 0.469 e. The second-order valence-corrected chi connectivity index (χ2v) is 6.48. The maximum atomic E-state index is 12.4. The Morgan fingerprint density at radius 1 is 1.04 bits per heavy atom. The zero-order valence-corrected chi connectivity index (χ0v) is 16.2. The van der Waals surface area contributed by atoms with E-state index in [2.05, 4.69) is 13.0 Å². The number of ether oxygens (including phenoxy) is 5. The molecule has 0 saturated carbocycles. The fourth-order valence-electron chi connectivity index (χ4n) is 3.31. The van der Waals surface area contributed by atoms with E-state index in [1.807, 2.05) is 19.1 Å². The lowest BCUT2D eigenvalue weighted by molar-refractivity contribution is -0.146. The lowest BCUT2D eigenvalue weighted by atomic mass is 9.76. The van der Waals surface area contributed by atoms with Gasteiger partial charge in [0.2, 0.25) is 0 Å². The highest BCUT2D eigenvalue weighted by molar-refractivity contribution is 5.75. The number of hydrogen-bond donors (Lipinski definition) is 0. The lowest BCUT2D eigenvalue weighted by Crippen LogP contribution is -2.26. The molecule has 0 heterocycles. The third kappa shape index (κ3) is 4.77. The summed E-state index contributed by atoms with van der Waals surface area (Å²) >= 11 is 0. The normalized spacial score (nSPS) is 19.7. The molecule has 0 spiro atoms. The molecule has 144 valence electrons. The Balaban J connectivity index is 2.57. The van der Waals surface area contributed by atoms with Gasteiger partial charge in [-0.15, -0.1) is 0 Å². The number of rotatable bonds is 8. The molecule has 0 unspecified atom stereocenters. The maximum absolute atomic E-state index is 12.4. The quantitative estimate of drug-likeness (QED) is 0.399. The molecule has 0 N–H and O–H groups in total. The van der Waals surface area contributed by atoms with Crippen molar-refractivity contribution in [3.63, 3.8) is 0 Å². The van der Waals surface area contributed by atoms with Gasteiger partial charge in [-0.1, -0.05) is 11.6 Å². The second kappa shape index (κ2) is 9.59. The van der Waals surface area contributed by atoms with Crippen LogP contribution in [0.4, 0.5) is 0 Å². The highest BCUT2D eigenvalue weighted by Crippen LogP contribution is 2.45. The van der Waals surface area contributed by atoms with E-state index in [4.69, 9.17) is 23.7 Å². The van der Waals surface area contributed by atoms with Gasteiger partial charge in [0.05, 0.1) is 13.0 Å². The Hall–Kier alpha value is -2.05. The minimum atomic E-state index is -0.291. The van der Waals surface area contributed by atoms with E-state index >= 15 is 0 Å².